The van der Waals surface area contributed by atoms with Crippen LogP contribution in [0.3, 0.4) is 0 Å². The number of esters is 2. The number of carbonyl (C=O) groups excluding carboxylic acids is 4. The van der Waals surface area contributed by atoms with Gasteiger partial charge in [-0.15, -0.1) is 0 Å². The highest BCUT2D eigenvalue weighted by atomic mass is 31.0. The molecule has 0 aromatic heterocycles. The molecule has 2 rings (SSSR count). The van der Waals surface area contributed by atoms with Gasteiger partial charge in [-0.3, -0.25) is 23.8 Å². The minimum atomic E-state index is -1.77. The van der Waals surface area contributed by atoms with Crippen LogP contribution in [0.5, 0.6) is 0 Å². The molecule has 0 heterocycles. The molecular formula is C21H26NO8P. The summed E-state index contributed by atoms with van der Waals surface area (Å²) in [6.07, 6.45) is 9.40. The molecule has 0 aromatic rings. The molecule has 31 heavy (non-hydrogen) atoms. The lowest BCUT2D eigenvalue weighted by atomic mass is 9.97. The molecule has 9 nitrogen and oxygen atoms in total. The SMILES string of the molecule is COC1(OC(C)=O)C=C(CCN(P)CC2=CC(OC)(OC(C)=O)C(=O)C=C2)C=CC1=O. The fourth-order valence-electron chi connectivity index (χ4n) is 3.15. The Labute approximate surface area is 183 Å². The van der Waals surface area contributed by atoms with Gasteiger partial charge in [0.05, 0.1) is 0 Å². The van der Waals surface area contributed by atoms with E-state index in [0.29, 0.717) is 25.1 Å². The zero-order chi connectivity index (χ0) is 23.2. The van der Waals surface area contributed by atoms with Gasteiger partial charge in [0, 0.05) is 47.2 Å². The number of carbonyl (C=O) groups is 4. The Morgan fingerprint density at radius 1 is 0.871 bits per heavy atom. The van der Waals surface area contributed by atoms with Crippen molar-refractivity contribution in [2.45, 2.75) is 31.8 Å². The highest BCUT2D eigenvalue weighted by Crippen LogP contribution is 2.27. The quantitative estimate of drug-likeness (QED) is 0.292. The maximum absolute atomic E-state index is 12.2. The Morgan fingerprint density at radius 3 is 1.77 bits per heavy atom. The van der Waals surface area contributed by atoms with Crippen LogP contribution in [0.15, 0.2) is 47.6 Å². The first-order valence-corrected chi connectivity index (χ1v) is 9.95. The van der Waals surface area contributed by atoms with Gasteiger partial charge in [0.1, 0.15) is 0 Å². The molecule has 0 amide bonds. The van der Waals surface area contributed by atoms with Crippen molar-refractivity contribution >= 4 is 32.9 Å². The predicted molar refractivity (Wildman–Crippen MR) is 113 cm³/mol. The summed E-state index contributed by atoms with van der Waals surface area (Å²) in [6, 6.07) is 0. The molecule has 0 bridgehead atoms. The average molecular weight is 451 g/mol. The number of ether oxygens (including phenoxy) is 4. The summed E-state index contributed by atoms with van der Waals surface area (Å²) >= 11 is 0. The molecule has 0 aliphatic heterocycles. The van der Waals surface area contributed by atoms with Crippen molar-refractivity contribution in [2.24, 2.45) is 0 Å². The van der Waals surface area contributed by atoms with Gasteiger partial charge in [0.15, 0.2) is 0 Å². The number of hydrogen-bond acceptors (Lipinski definition) is 9. The molecule has 3 unspecified atom stereocenters. The van der Waals surface area contributed by atoms with Crippen LogP contribution >= 0.6 is 9.39 Å². The Bertz CT molecular complexity index is 890. The lowest BCUT2D eigenvalue weighted by molar-refractivity contribution is -0.199. The van der Waals surface area contributed by atoms with E-state index in [2.05, 4.69) is 9.39 Å². The van der Waals surface area contributed by atoms with E-state index in [1.165, 1.54) is 52.4 Å². The highest BCUT2D eigenvalue weighted by Gasteiger charge is 2.41. The number of hydrogen-bond donors (Lipinski definition) is 0. The molecule has 2 aliphatic carbocycles. The maximum atomic E-state index is 12.2. The van der Waals surface area contributed by atoms with Crippen molar-refractivity contribution < 1.29 is 38.1 Å². The fraction of sp³-hybridized carbons (Fsp3) is 0.429. The smallest absolute Gasteiger partial charge is 0.305 e. The van der Waals surface area contributed by atoms with Gasteiger partial charge in [-0.2, -0.15) is 0 Å². The topological polar surface area (TPSA) is 108 Å². The van der Waals surface area contributed by atoms with E-state index in [-0.39, 0.29) is 0 Å². The molecule has 0 radical (unpaired) electrons. The van der Waals surface area contributed by atoms with Crippen LogP contribution in [0.1, 0.15) is 20.3 Å². The van der Waals surface area contributed by atoms with Crippen molar-refractivity contribution in [1.82, 2.24) is 4.67 Å². The molecule has 0 spiro atoms. The molecule has 0 aromatic carbocycles. The van der Waals surface area contributed by atoms with Crippen LogP contribution in [0.25, 0.3) is 0 Å². The van der Waals surface area contributed by atoms with Crippen LogP contribution in [-0.4, -0.2) is 67.1 Å². The summed E-state index contributed by atoms with van der Waals surface area (Å²) in [6.45, 7) is 3.36. The predicted octanol–water partition coefficient (Wildman–Crippen LogP) is 1.41. The largest absolute Gasteiger partial charge is 0.421 e. The number of methoxy groups -OCH3 is 2. The number of allylic oxidation sites excluding steroid dienone is 1. The molecule has 0 saturated heterocycles. The number of rotatable bonds is 9. The van der Waals surface area contributed by atoms with Gasteiger partial charge < -0.3 is 18.9 Å². The second-order valence-electron chi connectivity index (χ2n) is 6.98. The Balaban J connectivity index is 2.07. The van der Waals surface area contributed by atoms with Crippen molar-refractivity contribution in [3.05, 3.63) is 47.6 Å². The lowest BCUT2D eigenvalue weighted by Crippen LogP contribution is -2.44. The van der Waals surface area contributed by atoms with Gasteiger partial charge in [0.25, 0.3) is 11.6 Å². The highest BCUT2D eigenvalue weighted by molar-refractivity contribution is 7.13. The van der Waals surface area contributed by atoms with Crippen LogP contribution in [-0.2, 0) is 38.1 Å². The molecule has 2 aliphatic rings. The summed E-state index contributed by atoms with van der Waals surface area (Å²) in [4.78, 5) is 47.2. The van der Waals surface area contributed by atoms with E-state index in [1.807, 2.05) is 4.67 Å². The van der Waals surface area contributed by atoms with Crippen LogP contribution in [0.4, 0.5) is 0 Å². The third kappa shape index (κ3) is 6.04. The van der Waals surface area contributed by atoms with Gasteiger partial charge in [-0.1, -0.05) is 21.5 Å². The monoisotopic (exact) mass is 451 g/mol. The first kappa shape index (κ1) is 24.8. The molecule has 0 saturated carbocycles. The third-order valence-electron chi connectivity index (χ3n) is 4.61. The maximum Gasteiger partial charge on any atom is 0.305 e. The van der Waals surface area contributed by atoms with E-state index in [4.69, 9.17) is 18.9 Å². The third-order valence-corrected chi connectivity index (χ3v) is 5.05. The van der Waals surface area contributed by atoms with E-state index in [1.54, 1.807) is 12.2 Å². The molecule has 168 valence electrons. The van der Waals surface area contributed by atoms with Crippen LogP contribution in [0.2, 0.25) is 0 Å². The zero-order valence-corrected chi connectivity index (χ0v) is 19.0. The van der Waals surface area contributed by atoms with E-state index in [9.17, 15) is 19.2 Å². The minimum absolute atomic E-state index is 0.413. The standard InChI is InChI=1S/C21H26NO8P/c1-14(23)29-20(27-3)11-16(5-7-18(20)25)9-10-22(31)13-17-6-8-19(26)21(12-17,28-4)30-15(2)24/h5-8,11-12H,9-10,13,31H2,1-4H3. The summed E-state index contributed by atoms with van der Waals surface area (Å²) in [7, 11) is 5.16. The van der Waals surface area contributed by atoms with Crippen molar-refractivity contribution in [2.75, 3.05) is 27.3 Å². The van der Waals surface area contributed by atoms with E-state index >= 15 is 0 Å². The first-order chi connectivity index (χ1) is 14.6. The number of nitrogens with zero attached hydrogens (tertiary/aromatic N) is 1. The molecular weight excluding hydrogens is 425 g/mol. The Morgan fingerprint density at radius 2 is 1.32 bits per heavy atom. The average Bonchev–Trinajstić information content (AvgIpc) is 2.70. The zero-order valence-electron chi connectivity index (χ0n) is 17.9. The van der Waals surface area contributed by atoms with Crippen LogP contribution in [0, 0.1) is 0 Å². The summed E-state index contributed by atoms with van der Waals surface area (Å²) < 4.78 is 22.5. The summed E-state index contributed by atoms with van der Waals surface area (Å²) in [5.74, 6) is -5.73. The van der Waals surface area contributed by atoms with Gasteiger partial charge in [0.2, 0.25) is 11.6 Å². The molecule has 10 heteroatoms. The Hall–Kier alpha value is -2.45. The molecule has 0 N–H and O–H groups in total. The first-order valence-electron chi connectivity index (χ1n) is 9.43. The lowest BCUT2D eigenvalue weighted by Gasteiger charge is -2.30. The second-order valence-corrected chi connectivity index (χ2v) is 7.71. The van der Waals surface area contributed by atoms with Crippen molar-refractivity contribution in [3.63, 3.8) is 0 Å². The normalized spacial score (nSPS) is 25.4. The summed E-state index contributed by atoms with van der Waals surface area (Å²) in [5.41, 5.74) is 1.47. The van der Waals surface area contributed by atoms with E-state index < -0.39 is 35.1 Å². The molecule has 0 fully saturated rings. The van der Waals surface area contributed by atoms with E-state index in [0.717, 1.165) is 5.57 Å². The van der Waals surface area contributed by atoms with Gasteiger partial charge in [-0.05, 0) is 35.8 Å². The van der Waals surface area contributed by atoms with Crippen molar-refractivity contribution in [3.8, 4) is 0 Å². The fourth-order valence-corrected chi connectivity index (χ4v) is 3.49. The van der Waals surface area contributed by atoms with Crippen molar-refractivity contribution in [1.29, 1.82) is 0 Å². The second kappa shape index (κ2) is 10.2. The number of ketones is 2. The van der Waals surface area contributed by atoms with Gasteiger partial charge in [-0.25, -0.2) is 0 Å². The van der Waals surface area contributed by atoms with Gasteiger partial charge >= 0.3 is 11.9 Å². The van der Waals surface area contributed by atoms with Crippen LogP contribution < -0.4 is 0 Å². The minimum Gasteiger partial charge on any atom is -0.421 e. The Kier molecular flexibility index (Phi) is 8.20. The summed E-state index contributed by atoms with van der Waals surface area (Å²) in [5, 5.41) is 0. The molecule has 3 atom stereocenters.